The lowest BCUT2D eigenvalue weighted by atomic mass is 9.99. The summed E-state index contributed by atoms with van der Waals surface area (Å²) in [6.45, 7) is 0. The predicted molar refractivity (Wildman–Crippen MR) is 230 cm³/mol. The first-order chi connectivity index (χ1) is 26.7. The minimum atomic E-state index is 0.932. The third-order valence-electron chi connectivity index (χ3n) is 9.90. The lowest BCUT2D eigenvalue weighted by molar-refractivity contribution is 1.37. The molecule has 2 heterocycles. The zero-order valence-electron chi connectivity index (χ0n) is 29.7. The van der Waals surface area contributed by atoms with E-state index in [1.54, 1.807) is 0 Å². The van der Waals surface area contributed by atoms with Gasteiger partial charge in [-0.3, -0.25) is 0 Å². The highest BCUT2D eigenvalue weighted by atomic mass is 14.7. The van der Waals surface area contributed by atoms with E-state index in [9.17, 15) is 0 Å². The van der Waals surface area contributed by atoms with Gasteiger partial charge in [0.05, 0.1) is 22.4 Å². The zero-order valence-corrected chi connectivity index (χ0v) is 29.7. The second kappa shape index (κ2) is 14.8. The van der Waals surface area contributed by atoms with E-state index in [4.69, 9.17) is 9.97 Å². The average Bonchev–Trinajstić information content (AvgIpc) is 3.25. The van der Waals surface area contributed by atoms with E-state index in [1.807, 2.05) is 12.1 Å². The first-order valence-corrected chi connectivity index (χ1v) is 18.3. The molecule has 0 aliphatic rings. The molecule has 0 unspecified atom stereocenters. The lowest BCUT2D eigenvalue weighted by Crippen LogP contribution is -1.86. The molecule has 0 aliphatic heterocycles. The summed E-state index contributed by atoms with van der Waals surface area (Å²) in [5.74, 6) is 0. The van der Waals surface area contributed by atoms with Crippen molar-refractivity contribution in [3.05, 3.63) is 217 Å². The van der Waals surface area contributed by atoms with Gasteiger partial charge in [0.2, 0.25) is 0 Å². The molecule has 2 nitrogen and oxygen atoms in total. The van der Waals surface area contributed by atoms with Crippen molar-refractivity contribution in [3.8, 4) is 44.5 Å². The maximum Gasteiger partial charge on any atom is 0.0709 e. The summed E-state index contributed by atoms with van der Waals surface area (Å²) in [5, 5.41) is 2.26. The Balaban J connectivity index is 0.836. The summed E-state index contributed by atoms with van der Waals surface area (Å²) in [6, 6.07) is 68.5. The Labute approximate surface area is 316 Å². The Morgan fingerprint density at radius 3 is 0.981 bits per heavy atom. The van der Waals surface area contributed by atoms with Crippen molar-refractivity contribution in [1.29, 1.82) is 0 Å². The molecule has 0 spiro atoms. The number of benzene rings is 7. The summed E-state index contributed by atoms with van der Waals surface area (Å²) in [5.41, 5.74) is 15.8. The Kier molecular flexibility index (Phi) is 8.99. The van der Waals surface area contributed by atoms with Gasteiger partial charge in [-0.25, -0.2) is 9.97 Å². The molecular formula is C52H36N2. The summed E-state index contributed by atoms with van der Waals surface area (Å²) in [6.07, 6.45) is 8.37. The van der Waals surface area contributed by atoms with Gasteiger partial charge in [-0.2, -0.15) is 0 Å². The Morgan fingerprint density at radius 2 is 0.593 bits per heavy atom. The quantitative estimate of drug-likeness (QED) is 0.159. The molecule has 0 N–H and O–H groups in total. The van der Waals surface area contributed by atoms with Gasteiger partial charge in [0.25, 0.3) is 0 Å². The van der Waals surface area contributed by atoms with Crippen LogP contribution in [0.3, 0.4) is 0 Å². The largest absolute Gasteiger partial charge is 0.248 e. The van der Waals surface area contributed by atoms with Crippen molar-refractivity contribution in [2.75, 3.05) is 0 Å². The SMILES string of the molecule is C(=C\c1ccc2cc(-c3ccc(-c4ccccc4)cc3)ccc2n1)/c1ccc(/C=C/c2ccc3cc(-c4ccc(-c5ccccc5)cc4)ccc3n2)cc1. The molecule has 0 radical (unpaired) electrons. The zero-order chi connectivity index (χ0) is 36.1. The fourth-order valence-corrected chi connectivity index (χ4v) is 6.88. The first-order valence-electron chi connectivity index (χ1n) is 18.3. The van der Waals surface area contributed by atoms with Crippen molar-refractivity contribution in [2.45, 2.75) is 0 Å². The molecule has 0 fully saturated rings. The Morgan fingerprint density at radius 1 is 0.259 bits per heavy atom. The van der Waals surface area contributed by atoms with Crippen LogP contribution in [0.4, 0.5) is 0 Å². The van der Waals surface area contributed by atoms with Crippen LogP contribution in [-0.2, 0) is 0 Å². The molecule has 0 saturated carbocycles. The van der Waals surface area contributed by atoms with Gasteiger partial charge in [0, 0.05) is 10.8 Å². The molecule has 0 atom stereocenters. The second-order valence-electron chi connectivity index (χ2n) is 13.5. The van der Waals surface area contributed by atoms with Gasteiger partial charge in [0.15, 0.2) is 0 Å². The minimum Gasteiger partial charge on any atom is -0.248 e. The topological polar surface area (TPSA) is 25.8 Å². The number of hydrogen-bond acceptors (Lipinski definition) is 2. The van der Waals surface area contributed by atoms with Crippen LogP contribution in [0.1, 0.15) is 22.5 Å². The maximum atomic E-state index is 4.91. The number of aromatic nitrogens is 2. The maximum absolute atomic E-state index is 4.91. The molecular weight excluding hydrogens is 653 g/mol. The average molecular weight is 689 g/mol. The number of hydrogen-bond donors (Lipinski definition) is 0. The van der Waals surface area contributed by atoms with Crippen LogP contribution >= 0.6 is 0 Å². The summed E-state index contributed by atoms with van der Waals surface area (Å²) in [4.78, 5) is 9.82. The van der Waals surface area contributed by atoms with E-state index in [2.05, 4.69) is 206 Å². The van der Waals surface area contributed by atoms with Gasteiger partial charge in [-0.15, -0.1) is 0 Å². The van der Waals surface area contributed by atoms with Gasteiger partial charge >= 0.3 is 0 Å². The number of fused-ring (bicyclic) bond motifs is 2. The smallest absolute Gasteiger partial charge is 0.0709 e. The third-order valence-corrected chi connectivity index (χ3v) is 9.90. The van der Waals surface area contributed by atoms with Crippen molar-refractivity contribution in [2.24, 2.45) is 0 Å². The van der Waals surface area contributed by atoms with Crippen molar-refractivity contribution in [1.82, 2.24) is 9.97 Å². The standard InChI is InChI=1S/C52H36N2/c1-3-7-39(8-4-1)41-17-21-43(22-18-41)45-27-33-51-47(35-45)25-31-49(53-51)29-15-37-11-13-38(14-12-37)16-30-50-32-26-48-36-46(28-34-52(48)54-50)44-23-19-42(20-24-44)40-9-5-2-6-10-40/h1-36H/b29-15+,30-16+. The van der Waals surface area contributed by atoms with Gasteiger partial charge in [-0.1, -0.05) is 170 Å². The number of nitrogens with zero attached hydrogens (tertiary/aromatic N) is 2. The third kappa shape index (κ3) is 7.27. The van der Waals surface area contributed by atoms with Crippen LogP contribution in [0.25, 0.3) is 90.6 Å². The second-order valence-corrected chi connectivity index (χ2v) is 13.5. The Bertz CT molecular complexity index is 2570. The molecule has 2 heteroatoms. The highest BCUT2D eigenvalue weighted by Crippen LogP contribution is 2.29. The molecule has 0 amide bonds. The Hall–Kier alpha value is -7.16. The van der Waals surface area contributed by atoms with Crippen LogP contribution in [0.5, 0.6) is 0 Å². The van der Waals surface area contributed by atoms with Crippen molar-refractivity contribution < 1.29 is 0 Å². The van der Waals surface area contributed by atoms with Gasteiger partial charge in [-0.05, 0) is 104 Å². The van der Waals surface area contributed by atoms with E-state index >= 15 is 0 Å². The normalized spacial score (nSPS) is 11.6. The first kappa shape index (κ1) is 32.7. The highest BCUT2D eigenvalue weighted by molar-refractivity contribution is 5.88. The molecule has 9 aromatic rings. The summed E-state index contributed by atoms with van der Waals surface area (Å²) >= 11 is 0. The van der Waals surface area contributed by atoms with Crippen LogP contribution in [0, 0.1) is 0 Å². The van der Waals surface area contributed by atoms with Crippen LogP contribution < -0.4 is 0 Å². The van der Waals surface area contributed by atoms with Crippen LogP contribution in [0.15, 0.2) is 194 Å². The van der Waals surface area contributed by atoms with E-state index in [-0.39, 0.29) is 0 Å². The lowest BCUT2D eigenvalue weighted by Gasteiger charge is -2.07. The van der Waals surface area contributed by atoms with E-state index in [0.717, 1.165) is 44.3 Å². The molecule has 9 rings (SSSR count). The van der Waals surface area contributed by atoms with Gasteiger partial charge < -0.3 is 0 Å². The van der Waals surface area contributed by atoms with Crippen LogP contribution in [-0.4, -0.2) is 9.97 Å². The number of rotatable bonds is 8. The monoisotopic (exact) mass is 688 g/mol. The van der Waals surface area contributed by atoms with Crippen molar-refractivity contribution in [3.63, 3.8) is 0 Å². The molecule has 54 heavy (non-hydrogen) atoms. The molecule has 2 aromatic heterocycles. The summed E-state index contributed by atoms with van der Waals surface area (Å²) in [7, 11) is 0. The van der Waals surface area contributed by atoms with Crippen molar-refractivity contribution >= 4 is 46.1 Å². The fraction of sp³-hybridized carbons (Fsp3) is 0. The predicted octanol–water partition coefficient (Wildman–Crippen LogP) is 13.8. The van der Waals surface area contributed by atoms with E-state index in [0.29, 0.717) is 0 Å². The molecule has 7 aromatic carbocycles. The highest BCUT2D eigenvalue weighted by Gasteiger charge is 2.05. The van der Waals surface area contributed by atoms with E-state index in [1.165, 1.54) is 44.5 Å². The van der Waals surface area contributed by atoms with Crippen LogP contribution in [0.2, 0.25) is 0 Å². The number of pyridine rings is 2. The summed E-state index contributed by atoms with van der Waals surface area (Å²) < 4.78 is 0. The minimum absolute atomic E-state index is 0.932. The fourth-order valence-electron chi connectivity index (χ4n) is 6.88. The molecule has 254 valence electrons. The molecule has 0 saturated heterocycles. The van der Waals surface area contributed by atoms with Gasteiger partial charge in [0.1, 0.15) is 0 Å². The molecule has 0 aliphatic carbocycles. The van der Waals surface area contributed by atoms with E-state index < -0.39 is 0 Å². The molecule has 0 bridgehead atoms.